The van der Waals surface area contributed by atoms with E-state index in [1.54, 1.807) is 12.1 Å². The zero-order valence-electron chi connectivity index (χ0n) is 12.0. The molecule has 1 aromatic carbocycles. The lowest BCUT2D eigenvalue weighted by molar-refractivity contribution is 0.304. The number of nitrogens with zero attached hydrogens (tertiary/aromatic N) is 2. The van der Waals surface area contributed by atoms with Gasteiger partial charge in [0.1, 0.15) is 12.7 Å². The Labute approximate surface area is 124 Å². The van der Waals surface area contributed by atoms with Crippen LogP contribution in [0, 0.1) is 16.7 Å². The van der Waals surface area contributed by atoms with E-state index in [1.807, 2.05) is 43.3 Å². The van der Waals surface area contributed by atoms with Gasteiger partial charge in [0.05, 0.1) is 11.4 Å². The molecule has 1 aromatic heterocycles. The van der Waals surface area contributed by atoms with Gasteiger partial charge in [-0.25, -0.2) is 4.98 Å². The van der Waals surface area contributed by atoms with E-state index >= 15 is 0 Å². The van der Waals surface area contributed by atoms with Crippen molar-refractivity contribution in [2.45, 2.75) is 26.4 Å². The molecule has 4 heteroatoms. The lowest BCUT2D eigenvalue weighted by atomic mass is 10.1. The van der Waals surface area contributed by atoms with Crippen LogP contribution in [0.1, 0.15) is 36.7 Å². The van der Waals surface area contributed by atoms with E-state index in [1.165, 1.54) is 0 Å². The SMILES string of the molecule is CCCC(=N)c1ccc(OCc2ccccc2)c(C#N)n1. The van der Waals surface area contributed by atoms with Gasteiger partial charge < -0.3 is 10.1 Å². The number of hydrogen-bond donors (Lipinski definition) is 1. The van der Waals surface area contributed by atoms with Crippen LogP contribution in [0.15, 0.2) is 42.5 Å². The van der Waals surface area contributed by atoms with Crippen molar-refractivity contribution in [3.63, 3.8) is 0 Å². The molecule has 2 rings (SSSR count). The maximum absolute atomic E-state index is 9.19. The molecule has 1 N–H and O–H groups in total. The number of nitrogens with one attached hydrogen (secondary N) is 1. The molecule has 0 aliphatic carbocycles. The maximum atomic E-state index is 9.19. The third-order valence-corrected chi connectivity index (χ3v) is 3.01. The maximum Gasteiger partial charge on any atom is 0.183 e. The van der Waals surface area contributed by atoms with Crippen LogP contribution in [0.25, 0.3) is 0 Å². The first-order valence-corrected chi connectivity index (χ1v) is 6.90. The standard InChI is InChI=1S/C17H17N3O/c1-2-6-14(19)15-9-10-17(16(11-18)20-15)21-12-13-7-4-3-5-8-13/h3-5,7-10,19H,2,6,12H2,1H3. The van der Waals surface area contributed by atoms with Crippen LogP contribution < -0.4 is 4.74 Å². The molecule has 0 bridgehead atoms. The fourth-order valence-corrected chi connectivity index (χ4v) is 1.92. The number of hydrogen-bond acceptors (Lipinski definition) is 4. The van der Waals surface area contributed by atoms with Crippen molar-refractivity contribution in [1.82, 2.24) is 4.98 Å². The van der Waals surface area contributed by atoms with Crippen molar-refractivity contribution in [2.24, 2.45) is 0 Å². The molecule has 4 nitrogen and oxygen atoms in total. The van der Waals surface area contributed by atoms with Gasteiger partial charge in [-0.15, -0.1) is 0 Å². The predicted molar refractivity (Wildman–Crippen MR) is 81.5 cm³/mol. The van der Waals surface area contributed by atoms with E-state index in [-0.39, 0.29) is 5.69 Å². The molecule has 0 fully saturated rings. The zero-order chi connectivity index (χ0) is 15.1. The van der Waals surface area contributed by atoms with Crippen LogP contribution in [-0.4, -0.2) is 10.7 Å². The Kier molecular flexibility index (Phi) is 5.05. The summed E-state index contributed by atoms with van der Waals surface area (Å²) < 4.78 is 5.65. The summed E-state index contributed by atoms with van der Waals surface area (Å²) in [5, 5.41) is 17.1. The Morgan fingerprint density at radius 1 is 1.24 bits per heavy atom. The van der Waals surface area contributed by atoms with Gasteiger partial charge in [0.2, 0.25) is 0 Å². The summed E-state index contributed by atoms with van der Waals surface area (Å²) >= 11 is 0. The van der Waals surface area contributed by atoms with E-state index in [9.17, 15) is 5.26 Å². The van der Waals surface area contributed by atoms with Crippen LogP contribution in [0.2, 0.25) is 0 Å². The summed E-state index contributed by atoms with van der Waals surface area (Å²) in [6.45, 7) is 2.40. The smallest absolute Gasteiger partial charge is 0.183 e. The second kappa shape index (κ2) is 7.20. The molecule has 1 heterocycles. The second-order valence-corrected chi connectivity index (χ2v) is 4.66. The van der Waals surface area contributed by atoms with Crippen molar-refractivity contribution < 1.29 is 4.74 Å². The van der Waals surface area contributed by atoms with Gasteiger partial charge in [-0.05, 0) is 24.1 Å². The number of rotatable bonds is 6. The Bertz CT molecular complexity index is 659. The molecule has 0 saturated carbocycles. The van der Waals surface area contributed by atoms with Crippen molar-refractivity contribution in [3.8, 4) is 11.8 Å². The van der Waals surface area contributed by atoms with Crippen molar-refractivity contribution >= 4 is 5.71 Å². The Morgan fingerprint density at radius 3 is 2.67 bits per heavy atom. The highest BCUT2D eigenvalue weighted by molar-refractivity contribution is 5.96. The van der Waals surface area contributed by atoms with Gasteiger partial charge in [-0.3, -0.25) is 0 Å². The van der Waals surface area contributed by atoms with Gasteiger partial charge in [-0.2, -0.15) is 5.26 Å². The van der Waals surface area contributed by atoms with Gasteiger partial charge in [-0.1, -0.05) is 43.7 Å². The molecule has 0 saturated heterocycles. The minimum atomic E-state index is 0.226. The van der Waals surface area contributed by atoms with E-state index in [4.69, 9.17) is 10.1 Å². The van der Waals surface area contributed by atoms with Crippen molar-refractivity contribution in [3.05, 3.63) is 59.4 Å². The highest BCUT2D eigenvalue weighted by Gasteiger charge is 2.09. The van der Waals surface area contributed by atoms with E-state index in [0.29, 0.717) is 30.2 Å². The normalized spacial score (nSPS) is 9.90. The zero-order valence-corrected chi connectivity index (χ0v) is 12.0. The van der Waals surface area contributed by atoms with Crippen molar-refractivity contribution in [1.29, 1.82) is 10.7 Å². The Hall–Kier alpha value is -2.67. The Balaban J connectivity index is 2.13. The molecule has 0 aliphatic heterocycles. The Morgan fingerprint density at radius 2 is 2.00 bits per heavy atom. The lowest BCUT2D eigenvalue weighted by Gasteiger charge is -2.09. The van der Waals surface area contributed by atoms with Crippen LogP contribution in [0.4, 0.5) is 0 Å². The third kappa shape index (κ3) is 3.90. The summed E-state index contributed by atoms with van der Waals surface area (Å²) in [7, 11) is 0. The van der Waals surface area contributed by atoms with Crippen LogP contribution >= 0.6 is 0 Å². The molecule has 0 atom stereocenters. The first-order valence-electron chi connectivity index (χ1n) is 6.90. The van der Waals surface area contributed by atoms with Crippen molar-refractivity contribution in [2.75, 3.05) is 0 Å². The van der Waals surface area contributed by atoms with E-state index < -0.39 is 0 Å². The third-order valence-electron chi connectivity index (χ3n) is 3.01. The number of benzene rings is 1. The monoisotopic (exact) mass is 279 g/mol. The quantitative estimate of drug-likeness (QED) is 0.820. The predicted octanol–water partition coefficient (Wildman–Crippen LogP) is 3.70. The molecule has 2 aromatic rings. The van der Waals surface area contributed by atoms with Gasteiger partial charge in [0, 0.05) is 0 Å². The molecule has 0 spiro atoms. The largest absolute Gasteiger partial charge is 0.486 e. The fraction of sp³-hybridized carbons (Fsp3) is 0.235. The van der Waals surface area contributed by atoms with Gasteiger partial charge >= 0.3 is 0 Å². The number of aromatic nitrogens is 1. The molecule has 106 valence electrons. The highest BCUT2D eigenvalue weighted by atomic mass is 16.5. The molecule has 21 heavy (non-hydrogen) atoms. The van der Waals surface area contributed by atoms with Crippen LogP contribution in [0.5, 0.6) is 5.75 Å². The molecule has 0 radical (unpaired) electrons. The average molecular weight is 279 g/mol. The molecule has 0 aliphatic rings. The number of ether oxygens (including phenoxy) is 1. The number of pyridine rings is 1. The van der Waals surface area contributed by atoms with Crippen LogP contribution in [0.3, 0.4) is 0 Å². The summed E-state index contributed by atoms with van der Waals surface area (Å²) in [5.41, 5.74) is 2.25. The van der Waals surface area contributed by atoms with Crippen LogP contribution in [-0.2, 0) is 6.61 Å². The fourth-order valence-electron chi connectivity index (χ4n) is 1.92. The topological polar surface area (TPSA) is 69.8 Å². The summed E-state index contributed by atoms with van der Waals surface area (Å²) in [6.07, 6.45) is 1.54. The molecule has 0 unspecified atom stereocenters. The van der Waals surface area contributed by atoms with E-state index in [2.05, 4.69) is 4.98 Å². The highest BCUT2D eigenvalue weighted by Crippen LogP contribution is 2.18. The molecular formula is C17H17N3O. The number of nitriles is 1. The average Bonchev–Trinajstić information content (AvgIpc) is 2.54. The minimum Gasteiger partial charge on any atom is -0.486 e. The lowest BCUT2D eigenvalue weighted by Crippen LogP contribution is -2.05. The second-order valence-electron chi connectivity index (χ2n) is 4.66. The first-order chi connectivity index (χ1) is 10.2. The minimum absolute atomic E-state index is 0.226. The molecular weight excluding hydrogens is 262 g/mol. The molecule has 0 amide bonds. The van der Waals surface area contributed by atoms with Gasteiger partial charge in [0.25, 0.3) is 0 Å². The summed E-state index contributed by atoms with van der Waals surface area (Å²) in [5.74, 6) is 0.453. The first kappa shape index (κ1) is 14.7. The summed E-state index contributed by atoms with van der Waals surface area (Å²) in [4.78, 5) is 4.21. The summed E-state index contributed by atoms with van der Waals surface area (Å²) in [6, 6.07) is 15.2. The van der Waals surface area contributed by atoms with Gasteiger partial charge in [0.15, 0.2) is 11.4 Å². The van der Waals surface area contributed by atoms with E-state index in [0.717, 1.165) is 12.0 Å².